The second-order valence-corrected chi connectivity index (χ2v) is 8.24. The van der Waals surface area contributed by atoms with E-state index in [1.807, 2.05) is 0 Å². The standard InChI is InChI=1S/C22H30O14/c1-32-12-6-10(2-4-11(12)26)3-5-15(27)34-20-17(29)14(8-24)35-22(20,9-25)36-21-19(31)18(30)16(28)13(7-23)33-21/h2-6,13-14,16-21,23-26,28-31H,7-9H2,1H3/b5-3+. The van der Waals surface area contributed by atoms with Crippen LogP contribution >= 0.6 is 0 Å². The van der Waals surface area contributed by atoms with Gasteiger partial charge in [0.05, 0.1) is 20.3 Å². The molecule has 14 nitrogen and oxygen atoms in total. The first-order valence-corrected chi connectivity index (χ1v) is 10.9. The van der Waals surface area contributed by atoms with E-state index in [1.165, 1.54) is 31.4 Å². The average Bonchev–Trinajstić information content (AvgIpc) is 3.14. The summed E-state index contributed by atoms with van der Waals surface area (Å²) in [6.07, 6.45) is -11.1. The van der Waals surface area contributed by atoms with Gasteiger partial charge in [0.1, 0.15) is 43.2 Å². The molecular weight excluding hydrogens is 488 g/mol. The summed E-state index contributed by atoms with van der Waals surface area (Å²) in [4.78, 5) is 12.5. The number of carbonyl (C=O) groups is 1. The molecule has 0 radical (unpaired) electrons. The Morgan fingerprint density at radius 3 is 2.33 bits per heavy atom. The molecule has 2 aliphatic rings. The van der Waals surface area contributed by atoms with Gasteiger partial charge in [-0.05, 0) is 23.8 Å². The van der Waals surface area contributed by atoms with Gasteiger partial charge in [0.15, 0.2) is 23.9 Å². The van der Waals surface area contributed by atoms with Crippen molar-refractivity contribution in [3.8, 4) is 11.5 Å². The average molecular weight is 518 g/mol. The summed E-state index contributed by atoms with van der Waals surface area (Å²) in [5.41, 5.74) is 0.448. The molecule has 2 heterocycles. The highest BCUT2D eigenvalue weighted by Gasteiger charge is 2.60. The number of methoxy groups -OCH3 is 1. The number of phenolic OH excluding ortho intramolecular Hbond substituents is 1. The maximum atomic E-state index is 12.5. The van der Waals surface area contributed by atoms with Gasteiger partial charge in [-0.15, -0.1) is 0 Å². The molecule has 1 aromatic carbocycles. The largest absolute Gasteiger partial charge is 0.504 e. The first-order valence-electron chi connectivity index (χ1n) is 10.9. The van der Waals surface area contributed by atoms with Crippen molar-refractivity contribution in [3.05, 3.63) is 29.8 Å². The highest BCUT2D eigenvalue weighted by Crippen LogP contribution is 2.38. The number of hydrogen-bond donors (Lipinski definition) is 8. The van der Waals surface area contributed by atoms with Crippen LogP contribution in [0.3, 0.4) is 0 Å². The van der Waals surface area contributed by atoms with E-state index in [2.05, 4.69) is 0 Å². The third-order valence-electron chi connectivity index (χ3n) is 5.90. The van der Waals surface area contributed by atoms with Crippen LogP contribution in [0.15, 0.2) is 24.3 Å². The van der Waals surface area contributed by atoms with Crippen LogP contribution in [0.25, 0.3) is 6.08 Å². The normalized spacial score (nSPS) is 36.8. The van der Waals surface area contributed by atoms with E-state index in [-0.39, 0.29) is 11.5 Å². The van der Waals surface area contributed by atoms with Gasteiger partial charge in [-0.25, -0.2) is 4.79 Å². The summed E-state index contributed by atoms with van der Waals surface area (Å²) in [7, 11) is 1.35. The Balaban J connectivity index is 1.81. The molecule has 3 rings (SSSR count). The van der Waals surface area contributed by atoms with Crippen LogP contribution in [-0.4, -0.2) is 129 Å². The molecule has 0 bridgehead atoms. The molecule has 9 unspecified atom stereocenters. The first kappa shape index (κ1) is 28.2. The minimum Gasteiger partial charge on any atom is -0.504 e. The van der Waals surface area contributed by atoms with Crippen LogP contribution in [0.4, 0.5) is 0 Å². The Labute approximate surface area is 205 Å². The minimum absolute atomic E-state index is 0.114. The van der Waals surface area contributed by atoms with E-state index in [9.17, 15) is 45.6 Å². The summed E-state index contributed by atoms with van der Waals surface area (Å²) < 4.78 is 26.5. The molecule has 202 valence electrons. The van der Waals surface area contributed by atoms with Crippen molar-refractivity contribution in [3.63, 3.8) is 0 Å². The number of aliphatic hydroxyl groups is 7. The number of benzene rings is 1. The molecule has 0 aromatic heterocycles. The van der Waals surface area contributed by atoms with E-state index >= 15 is 0 Å². The maximum absolute atomic E-state index is 12.5. The van der Waals surface area contributed by atoms with Crippen LogP contribution in [0.2, 0.25) is 0 Å². The van der Waals surface area contributed by atoms with Gasteiger partial charge in [0.25, 0.3) is 0 Å². The van der Waals surface area contributed by atoms with E-state index in [0.29, 0.717) is 5.56 Å². The van der Waals surface area contributed by atoms with Gasteiger partial charge >= 0.3 is 5.97 Å². The Morgan fingerprint density at radius 1 is 1.03 bits per heavy atom. The Kier molecular flexibility index (Phi) is 9.23. The number of phenols is 1. The number of aliphatic hydroxyl groups excluding tert-OH is 7. The Morgan fingerprint density at radius 2 is 1.72 bits per heavy atom. The number of ether oxygens (including phenoxy) is 5. The Bertz CT molecular complexity index is 922. The Hall–Kier alpha value is -2.37. The summed E-state index contributed by atoms with van der Waals surface area (Å²) >= 11 is 0. The molecule has 9 atom stereocenters. The zero-order chi connectivity index (χ0) is 26.6. The monoisotopic (exact) mass is 518 g/mol. The third kappa shape index (κ3) is 5.63. The van der Waals surface area contributed by atoms with Crippen LogP contribution < -0.4 is 4.74 Å². The molecule has 14 heteroatoms. The zero-order valence-corrected chi connectivity index (χ0v) is 19.2. The van der Waals surface area contributed by atoms with Crippen molar-refractivity contribution < 1.29 is 69.3 Å². The lowest BCUT2D eigenvalue weighted by Gasteiger charge is -2.43. The van der Waals surface area contributed by atoms with Gasteiger partial charge in [-0.2, -0.15) is 0 Å². The second-order valence-electron chi connectivity index (χ2n) is 8.24. The van der Waals surface area contributed by atoms with Gasteiger partial charge in [-0.3, -0.25) is 0 Å². The first-order chi connectivity index (χ1) is 17.1. The SMILES string of the molecule is COc1cc(/C=C/C(=O)OC2C(O)C(CO)OC2(CO)OC2OC(CO)C(O)C(O)C2O)ccc1O. The van der Waals surface area contributed by atoms with Crippen LogP contribution in [0, 0.1) is 0 Å². The smallest absolute Gasteiger partial charge is 0.331 e. The van der Waals surface area contributed by atoms with Gasteiger partial charge in [0.2, 0.25) is 5.79 Å². The number of esters is 1. The summed E-state index contributed by atoms with van der Waals surface area (Å²) in [5.74, 6) is -3.35. The number of rotatable bonds is 9. The van der Waals surface area contributed by atoms with Crippen molar-refractivity contribution in [2.75, 3.05) is 26.9 Å². The molecule has 1 aromatic rings. The van der Waals surface area contributed by atoms with Gasteiger partial charge < -0.3 is 64.5 Å². The summed E-state index contributed by atoms with van der Waals surface area (Å²) in [6, 6.07) is 4.27. The van der Waals surface area contributed by atoms with Crippen molar-refractivity contribution in [2.45, 2.75) is 54.8 Å². The molecule has 0 amide bonds. The predicted octanol–water partition coefficient (Wildman–Crippen LogP) is -3.42. The molecular formula is C22H30O14. The molecule has 0 saturated carbocycles. The van der Waals surface area contributed by atoms with E-state index in [0.717, 1.165) is 6.08 Å². The molecule has 2 aliphatic heterocycles. The molecule has 2 saturated heterocycles. The van der Waals surface area contributed by atoms with E-state index in [1.54, 1.807) is 0 Å². The number of aromatic hydroxyl groups is 1. The second kappa shape index (κ2) is 11.8. The highest BCUT2D eigenvalue weighted by molar-refractivity contribution is 5.87. The maximum Gasteiger partial charge on any atom is 0.331 e. The summed E-state index contributed by atoms with van der Waals surface area (Å²) in [6.45, 7) is -2.59. The fourth-order valence-corrected chi connectivity index (χ4v) is 3.90. The summed E-state index contributed by atoms with van der Waals surface area (Å²) in [5, 5.41) is 79.5. The molecule has 2 fully saturated rings. The fourth-order valence-electron chi connectivity index (χ4n) is 3.90. The lowest BCUT2D eigenvalue weighted by Crippen LogP contribution is -2.63. The molecule has 8 N–H and O–H groups in total. The zero-order valence-electron chi connectivity index (χ0n) is 19.2. The number of carbonyl (C=O) groups excluding carboxylic acids is 1. The van der Waals surface area contributed by atoms with Crippen molar-refractivity contribution >= 4 is 12.0 Å². The van der Waals surface area contributed by atoms with E-state index < -0.39 is 80.6 Å². The molecule has 0 aliphatic carbocycles. The molecule has 0 spiro atoms. The van der Waals surface area contributed by atoms with Crippen LogP contribution in [-0.2, 0) is 23.7 Å². The third-order valence-corrected chi connectivity index (χ3v) is 5.90. The van der Waals surface area contributed by atoms with Crippen LogP contribution in [0.5, 0.6) is 11.5 Å². The van der Waals surface area contributed by atoms with Crippen molar-refractivity contribution in [2.24, 2.45) is 0 Å². The quantitative estimate of drug-likeness (QED) is 0.118. The van der Waals surface area contributed by atoms with Crippen LogP contribution in [0.1, 0.15) is 5.56 Å². The topological polar surface area (TPSA) is 225 Å². The van der Waals surface area contributed by atoms with E-state index in [4.69, 9.17) is 23.7 Å². The van der Waals surface area contributed by atoms with Crippen molar-refractivity contribution in [1.29, 1.82) is 0 Å². The highest BCUT2D eigenvalue weighted by atomic mass is 16.8. The molecule has 36 heavy (non-hydrogen) atoms. The lowest BCUT2D eigenvalue weighted by atomic mass is 9.99. The van der Waals surface area contributed by atoms with Gasteiger partial charge in [-0.1, -0.05) is 6.07 Å². The lowest BCUT2D eigenvalue weighted by molar-refractivity contribution is -0.383. The van der Waals surface area contributed by atoms with Gasteiger partial charge in [0, 0.05) is 6.08 Å². The van der Waals surface area contributed by atoms with Crippen molar-refractivity contribution in [1.82, 2.24) is 0 Å². The predicted molar refractivity (Wildman–Crippen MR) is 116 cm³/mol. The number of hydrogen-bond acceptors (Lipinski definition) is 14. The fraction of sp³-hybridized carbons (Fsp3) is 0.591. The minimum atomic E-state index is -2.37.